The van der Waals surface area contributed by atoms with Gasteiger partial charge in [0.15, 0.2) is 5.78 Å². The lowest BCUT2D eigenvalue weighted by Crippen LogP contribution is -2.44. The molecule has 18 heteroatoms. The van der Waals surface area contributed by atoms with Crippen molar-refractivity contribution in [2.45, 2.75) is 63.6 Å². The molecule has 0 spiro atoms. The zero-order valence-corrected chi connectivity index (χ0v) is 36.6. The maximum Gasteiger partial charge on any atom is 0.354 e. The minimum Gasteiger partial charge on any atom is -0.477 e. The third kappa shape index (κ3) is 12.0. The fourth-order valence-electron chi connectivity index (χ4n) is 7.25. The minimum absolute atomic E-state index is 0.0175. The number of carboxylic acid groups (broad SMARTS) is 1. The van der Waals surface area contributed by atoms with Crippen molar-refractivity contribution in [3.05, 3.63) is 67.7 Å². The molecule has 328 valence electrons. The van der Waals surface area contributed by atoms with Gasteiger partial charge in [-0.3, -0.25) is 19.4 Å². The van der Waals surface area contributed by atoms with Crippen molar-refractivity contribution in [3.8, 4) is 12.1 Å². The number of carbonyl (C=O) groups is 2. The second kappa shape index (κ2) is 21.2. The summed E-state index contributed by atoms with van der Waals surface area (Å²) in [6, 6.07) is 7.12. The molecule has 2 fully saturated rings. The lowest BCUT2D eigenvalue weighted by molar-refractivity contribution is -0.0134. The van der Waals surface area contributed by atoms with Crippen molar-refractivity contribution in [2.75, 3.05) is 98.0 Å². The van der Waals surface area contributed by atoms with Gasteiger partial charge in [0.25, 0.3) is 11.1 Å². The number of nitriles is 2. The molecule has 0 radical (unpaired) electrons. The van der Waals surface area contributed by atoms with E-state index in [4.69, 9.17) is 15.2 Å². The summed E-state index contributed by atoms with van der Waals surface area (Å²) in [7, 11) is 11.3. The van der Waals surface area contributed by atoms with Crippen molar-refractivity contribution in [3.63, 3.8) is 0 Å². The minimum atomic E-state index is -1.16. The maximum absolute atomic E-state index is 12.7. The molecule has 2 saturated heterocycles. The fourth-order valence-corrected chi connectivity index (χ4v) is 7.25. The number of piperidine rings is 2. The Morgan fingerprint density at radius 2 is 1.20 bits per heavy atom. The highest BCUT2D eigenvalue weighted by Gasteiger charge is 2.33. The SMILES string of the molecule is CN(C)CCN.COC1(C)CCN(c2c(C#N)c(=O)[nH]c3cnc(C(=O)CCCN(C)C)cc23)CC1.COC1(C)CCN(c2c(C#N)c(=O)[nH]c3cnc(C(=O)O)cc23)CC1. The summed E-state index contributed by atoms with van der Waals surface area (Å²) >= 11 is 0. The van der Waals surface area contributed by atoms with E-state index in [0.29, 0.717) is 71.5 Å². The molecule has 4 aromatic heterocycles. The summed E-state index contributed by atoms with van der Waals surface area (Å²) in [6.45, 7) is 9.18. The van der Waals surface area contributed by atoms with Crippen LogP contribution >= 0.6 is 0 Å². The Hall–Kier alpha value is -5.76. The van der Waals surface area contributed by atoms with E-state index in [9.17, 15) is 34.8 Å². The highest BCUT2D eigenvalue weighted by atomic mass is 16.5. The number of Topliss-reactive ketones (excluding diaryl/α,β-unsaturated/α-hetero) is 1. The van der Waals surface area contributed by atoms with Crippen molar-refractivity contribution < 1.29 is 24.2 Å². The molecule has 0 saturated carbocycles. The second-order valence-electron chi connectivity index (χ2n) is 16.3. The van der Waals surface area contributed by atoms with E-state index >= 15 is 0 Å². The van der Waals surface area contributed by atoms with Crippen LogP contribution in [0.3, 0.4) is 0 Å². The Labute approximate surface area is 355 Å². The number of rotatable bonds is 12. The highest BCUT2D eigenvalue weighted by molar-refractivity contribution is 6.01. The van der Waals surface area contributed by atoms with Gasteiger partial charge in [-0.2, -0.15) is 10.5 Å². The van der Waals surface area contributed by atoms with E-state index in [1.807, 2.05) is 51.0 Å². The monoisotopic (exact) mass is 841 g/mol. The highest BCUT2D eigenvalue weighted by Crippen LogP contribution is 2.35. The van der Waals surface area contributed by atoms with E-state index in [-0.39, 0.29) is 33.8 Å². The molecule has 0 aromatic carbocycles. The lowest BCUT2D eigenvalue weighted by atomic mass is 9.92. The van der Waals surface area contributed by atoms with Crippen LogP contribution in [-0.2, 0) is 9.47 Å². The first-order chi connectivity index (χ1) is 28.9. The van der Waals surface area contributed by atoms with Gasteiger partial charge < -0.3 is 49.9 Å². The van der Waals surface area contributed by atoms with Crippen LogP contribution in [-0.4, -0.2) is 146 Å². The van der Waals surface area contributed by atoms with Crippen molar-refractivity contribution in [2.24, 2.45) is 5.73 Å². The standard InChI is InChI=1S/C22H29N5O3.C17H18N4O4.C4H12N2/c1-22(30-4)7-10-27(11-8-22)20-15-12-17(19(28)6-5-9-26(2)3)24-14-18(15)25-21(29)16(20)13-23;1-17(25-2)3-5-21(6-4-17)14-10-7-12(16(23)24)19-9-13(10)20-15(22)11(14)8-18;1-6(2)4-3-5/h12,14H,5-11H2,1-4H3,(H,25,29);7,9H,3-6H2,1-2H3,(H,20,22)(H,23,24);3-5H2,1-2H3. The average Bonchev–Trinajstić information content (AvgIpc) is 3.23. The smallest absolute Gasteiger partial charge is 0.354 e. The number of pyridine rings is 4. The predicted octanol–water partition coefficient (Wildman–Crippen LogP) is 3.33. The zero-order valence-electron chi connectivity index (χ0n) is 36.6. The van der Waals surface area contributed by atoms with Crippen molar-refractivity contribution in [1.82, 2.24) is 29.7 Å². The summed E-state index contributed by atoms with van der Waals surface area (Å²) in [6.07, 6.45) is 7.01. The van der Waals surface area contributed by atoms with Gasteiger partial charge in [0, 0.05) is 70.7 Å². The predicted molar refractivity (Wildman–Crippen MR) is 235 cm³/mol. The largest absolute Gasteiger partial charge is 0.477 e. The summed E-state index contributed by atoms with van der Waals surface area (Å²) in [4.78, 5) is 70.2. The summed E-state index contributed by atoms with van der Waals surface area (Å²) in [5.41, 5.74) is 6.04. The number of nitrogens with one attached hydrogen (secondary N) is 2. The summed E-state index contributed by atoms with van der Waals surface area (Å²) < 4.78 is 11.2. The number of anilines is 2. The van der Waals surface area contributed by atoms with E-state index in [1.54, 1.807) is 20.3 Å². The lowest BCUT2D eigenvalue weighted by Gasteiger charge is -2.40. The number of carbonyl (C=O) groups excluding carboxylic acids is 1. The average molecular weight is 842 g/mol. The number of fused-ring (bicyclic) bond motifs is 2. The Morgan fingerprint density at radius 1 is 0.787 bits per heavy atom. The van der Waals surface area contributed by atoms with Gasteiger partial charge >= 0.3 is 5.97 Å². The molecule has 4 aromatic rings. The Balaban J connectivity index is 0.000000240. The second-order valence-corrected chi connectivity index (χ2v) is 16.3. The van der Waals surface area contributed by atoms with Crippen LogP contribution < -0.4 is 26.7 Å². The Kier molecular flexibility index (Phi) is 16.6. The number of aromatic carboxylic acids is 1. The fraction of sp³-hybridized carbons (Fsp3) is 0.535. The van der Waals surface area contributed by atoms with Crippen LogP contribution in [0, 0.1) is 22.7 Å². The van der Waals surface area contributed by atoms with Gasteiger partial charge in [-0.15, -0.1) is 0 Å². The molecular formula is C43H59N11O7. The molecule has 0 amide bonds. The topological polar surface area (TPSA) is 251 Å². The van der Waals surface area contributed by atoms with Gasteiger partial charge in [0.1, 0.15) is 34.7 Å². The first kappa shape index (κ1) is 47.9. The van der Waals surface area contributed by atoms with Gasteiger partial charge in [0.2, 0.25) is 0 Å². The molecule has 0 atom stereocenters. The number of aromatic amines is 2. The van der Waals surface area contributed by atoms with Crippen LogP contribution in [0.15, 0.2) is 34.1 Å². The van der Waals surface area contributed by atoms with Crippen LogP contribution in [0.4, 0.5) is 11.4 Å². The number of H-pyrrole nitrogens is 2. The molecule has 0 unspecified atom stereocenters. The first-order valence-corrected chi connectivity index (χ1v) is 20.2. The quantitative estimate of drug-likeness (QED) is 0.149. The van der Waals surface area contributed by atoms with Gasteiger partial charge in [0.05, 0.1) is 46.0 Å². The van der Waals surface area contributed by atoms with Gasteiger partial charge in [-0.25, -0.2) is 9.78 Å². The molecule has 2 aliphatic rings. The van der Waals surface area contributed by atoms with E-state index in [0.717, 1.165) is 51.7 Å². The summed E-state index contributed by atoms with van der Waals surface area (Å²) in [5, 5.41) is 29.5. The van der Waals surface area contributed by atoms with Crippen molar-refractivity contribution in [1.29, 1.82) is 10.5 Å². The number of hydrogen-bond donors (Lipinski definition) is 4. The number of aromatic nitrogens is 4. The molecule has 6 rings (SSSR count). The molecule has 18 nitrogen and oxygen atoms in total. The Morgan fingerprint density at radius 3 is 1.54 bits per heavy atom. The molecular weight excluding hydrogens is 783 g/mol. The Bertz CT molecular complexity index is 2380. The summed E-state index contributed by atoms with van der Waals surface area (Å²) in [5.74, 6) is -1.21. The van der Waals surface area contributed by atoms with Crippen LogP contribution in [0.5, 0.6) is 0 Å². The third-order valence-electron chi connectivity index (χ3n) is 11.3. The number of likely N-dealkylation sites (N-methyl/N-ethyl adjacent to an activating group) is 1. The van der Waals surface area contributed by atoms with E-state index in [2.05, 4.69) is 42.7 Å². The number of nitrogens with two attached hydrogens (primary N) is 1. The van der Waals surface area contributed by atoms with E-state index in [1.165, 1.54) is 18.5 Å². The number of ether oxygens (including phenoxy) is 2. The molecule has 0 aliphatic carbocycles. The van der Waals surface area contributed by atoms with Gasteiger partial charge in [-0.1, -0.05) is 0 Å². The number of nitrogens with zero attached hydrogens (tertiary/aromatic N) is 8. The van der Waals surface area contributed by atoms with E-state index < -0.39 is 17.1 Å². The van der Waals surface area contributed by atoms with Crippen molar-refractivity contribution >= 4 is 44.9 Å². The first-order valence-electron chi connectivity index (χ1n) is 20.2. The normalized spacial score (nSPS) is 15.7. The molecule has 2 aliphatic heterocycles. The number of ketones is 1. The van der Waals surface area contributed by atoms with Crippen LogP contribution in [0.25, 0.3) is 21.8 Å². The molecule has 0 bridgehead atoms. The van der Waals surface area contributed by atoms with Crippen LogP contribution in [0.1, 0.15) is 84.5 Å². The molecule has 61 heavy (non-hydrogen) atoms. The zero-order chi connectivity index (χ0) is 45.1. The number of carboxylic acids is 1. The molecule has 6 heterocycles. The third-order valence-corrected chi connectivity index (χ3v) is 11.3. The maximum atomic E-state index is 12.7. The molecule has 5 N–H and O–H groups in total. The van der Waals surface area contributed by atoms with Gasteiger partial charge in [-0.05, 0) is 92.8 Å². The number of hydrogen-bond acceptors (Lipinski definition) is 15. The number of methoxy groups -OCH3 is 2. The van der Waals surface area contributed by atoms with Crippen LogP contribution in [0.2, 0.25) is 0 Å².